The van der Waals surface area contributed by atoms with Crippen LogP contribution in [-0.2, 0) is 11.2 Å². The molecule has 0 radical (unpaired) electrons. The van der Waals surface area contributed by atoms with Gasteiger partial charge in [-0.25, -0.2) is 0 Å². The maximum atomic E-state index is 12.4. The number of phenols is 1. The Morgan fingerprint density at radius 3 is 2.59 bits per heavy atom. The highest BCUT2D eigenvalue weighted by Crippen LogP contribution is 2.61. The van der Waals surface area contributed by atoms with E-state index in [-0.39, 0.29) is 28.6 Å². The van der Waals surface area contributed by atoms with Crippen molar-refractivity contribution in [1.82, 2.24) is 5.32 Å². The lowest BCUT2D eigenvalue weighted by molar-refractivity contribution is -0.124. The summed E-state index contributed by atoms with van der Waals surface area (Å²) in [6.07, 6.45) is 8.23. The number of aliphatic hydroxyl groups is 1. The van der Waals surface area contributed by atoms with Gasteiger partial charge in [0, 0.05) is 12.6 Å². The van der Waals surface area contributed by atoms with E-state index in [1.165, 1.54) is 5.57 Å². The van der Waals surface area contributed by atoms with Gasteiger partial charge in [-0.3, -0.25) is 4.79 Å². The summed E-state index contributed by atoms with van der Waals surface area (Å²) in [6.45, 7) is 13.9. The van der Waals surface area contributed by atoms with Gasteiger partial charge >= 0.3 is 0 Å². The zero-order valence-electron chi connectivity index (χ0n) is 20.3. The molecule has 1 amide bonds. The molecule has 0 spiro atoms. The number of amides is 1. The van der Waals surface area contributed by atoms with Crippen LogP contribution < -0.4 is 5.32 Å². The maximum absolute atomic E-state index is 12.4. The Balaban J connectivity index is 1.54. The molecule has 2 aliphatic carbocycles. The Morgan fingerprint density at radius 2 is 1.91 bits per heavy atom. The highest BCUT2D eigenvalue weighted by atomic mass is 16.3. The van der Waals surface area contributed by atoms with Crippen molar-refractivity contribution in [3.63, 3.8) is 0 Å². The Bertz CT molecular complexity index is 854. The van der Waals surface area contributed by atoms with Crippen LogP contribution in [0.15, 0.2) is 48.1 Å². The van der Waals surface area contributed by atoms with Crippen LogP contribution in [-0.4, -0.2) is 28.8 Å². The number of nitrogens with one attached hydrogen (secondary N) is 1. The minimum Gasteiger partial charge on any atom is -0.508 e. The molecular weight excluding hydrogens is 398 g/mol. The quantitative estimate of drug-likeness (QED) is 0.385. The van der Waals surface area contributed by atoms with E-state index in [9.17, 15) is 15.0 Å². The van der Waals surface area contributed by atoms with Crippen molar-refractivity contribution in [2.75, 3.05) is 6.54 Å². The summed E-state index contributed by atoms with van der Waals surface area (Å²) in [6, 6.07) is 7.08. The number of aliphatic hydroxyl groups excluding tert-OH is 1. The average molecular weight is 440 g/mol. The fraction of sp³-hybridized carbons (Fsp3) is 0.607. The van der Waals surface area contributed by atoms with E-state index in [0.29, 0.717) is 18.4 Å². The molecule has 3 rings (SSSR count). The summed E-state index contributed by atoms with van der Waals surface area (Å²) >= 11 is 0. The molecule has 3 N–H and O–H groups in total. The third-order valence-corrected chi connectivity index (χ3v) is 8.41. The normalized spacial score (nSPS) is 30.0. The molecule has 2 saturated carbocycles. The number of rotatable bonds is 7. The van der Waals surface area contributed by atoms with E-state index in [2.05, 4.69) is 32.7 Å². The Labute approximate surface area is 193 Å². The average Bonchev–Trinajstić information content (AvgIpc) is 2.72. The number of aromatic hydroxyl groups is 1. The smallest absolute Gasteiger partial charge is 0.243 e. The fourth-order valence-electron chi connectivity index (χ4n) is 6.41. The summed E-state index contributed by atoms with van der Waals surface area (Å²) in [5.74, 6) is 1.15. The van der Waals surface area contributed by atoms with E-state index >= 15 is 0 Å². The van der Waals surface area contributed by atoms with Crippen molar-refractivity contribution in [2.45, 2.75) is 78.7 Å². The van der Waals surface area contributed by atoms with Gasteiger partial charge in [0.15, 0.2) is 0 Å². The van der Waals surface area contributed by atoms with E-state index in [1.54, 1.807) is 18.2 Å². The van der Waals surface area contributed by atoms with Gasteiger partial charge in [0.05, 0.1) is 6.10 Å². The summed E-state index contributed by atoms with van der Waals surface area (Å²) in [4.78, 5) is 12.4. The van der Waals surface area contributed by atoms with E-state index in [4.69, 9.17) is 0 Å². The third kappa shape index (κ3) is 5.28. The maximum Gasteiger partial charge on any atom is 0.243 e. The van der Waals surface area contributed by atoms with Crippen molar-refractivity contribution in [1.29, 1.82) is 0 Å². The second kappa shape index (κ2) is 9.82. The van der Waals surface area contributed by atoms with Crippen molar-refractivity contribution in [2.24, 2.45) is 22.7 Å². The minimum atomic E-state index is -0.223. The number of carbonyl (C=O) groups is 1. The van der Waals surface area contributed by atoms with Gasteiger partial charge in [0.2, 0.25) is 5.91 Å². The predicted molar refractivity (Wildman–Crippen MR) is 130 cm³/mol. The summed E-state index contributed by atoms with van der Waals surface area (Å²) in [7, 11) is 0. The molecule has 2 aliphatic rings. The van der Waals surface area contributed by atoms with Crippen molar-refractivity contribution < 1.29 is 15.0 Å². The van der Waals surface area contributed by atoms with Gasteiger partial charge in [0.1, 0.15) is 5.75 Å². The number of carbonyl (C=O) groups excluding carboxylic acids is 1. The molecule has 4 atom stereocenters. The molecule has 176 valence electrons. The molecule has 0 unspecified atom stereocenters. The van der Waals surface area contributed by atoms with Crippen LogP contribution in [0, 0.1) is 22.7 Å². The zero-order chi connectivity index (χ0) is 23.5. The van der Waals surface area contributed by atoms with Crippen LogP contribution in [0.3, 0.4) is 0 Å². The Hall–Kier alpha value is -2.07. The Kier molecular flexibility index (Phi) is 7.54. The molecular formula is C28H41NO3. The number of phenolic OH excluding ortho intramolecular Hbond substituents is 1. The lowest BCUT2D eigenvalue weighted by atomic mass is 9.46. The van der Waals surface area contributed by atoms with Gasteiger partial charge in [0.25, 0.3) is 0 Å². The standard InChI is InChI=1S/C28H41NO3/c1-19(18-26(32)29-17-15-21-8-10-22(30)11-9-21)6-12-23-20(2)7-13-24-27(3,4)25(31)14-16-28(23,24)5/h8-11,18,23-25,30-31H,2,6-7,12-17H2,1,3-5H3,(H,29,32)/b19-18+/t23-,24-,25-,28+/m1/s1. The monoisotopic (exact) mass is 439 g/mol. The van der Waals surface area contributed by atoms with Crippen molar-refractivity contribution in [3.05, 3.63) is 53.6 Å². The summed E-state index contributed by atoms with van der Waals surface area (Å²) in [5.41, 5.74) is 3.64. The van der Waals surface area contributed by atoms with Gasteiger partial charge < -0.3 is 15.5 Å². The molecule has 0 heterocycles. The molecule has 2 fully saturated rings. The second-order valence-corrected chi connectivity index (χ2v) is 10.9. The first-order chi connectivity index (χ1) is 15.0. The Morgan fingerprint density at radius 1 is 1.22 bits per heavy atom. The molecule has 0 aliphatic heterocycles. The highest BCUT2D eigenvalue weighted by Gasteiger charge is 2.55. The van der Waals surface area contributed by atoms with Gasteiger partial charge in [-0.05, 0) is 92.2 Å². The molecule has 4 nitrogen and oxygen atoms in total. The molecule has 0 bridgehead atoms. The van der Waals surface area contributed by atoms with Crippen molar-refractivity contribution >= 4 is 5.91 Å². The topological polar surface area (TPSA) is 69.6 Å². The third-order valence-electron chi connectivity index (χ3n) is 8.41. The van der Waals surface area contributed by atoms with Gasteiger partial charge in [-0.1, -0.05) is 50.6 Å². The second-order valence-electron chi connectivity index (χ2n) is 10.9. The van der Waals surface area contributed by atoms with Crippen LogP contribution >= 0.6 is 0 Å². The first-order valence-electron chi connectivity index (χ1n) is 12.1. The molecule has 0 aromatic heterocycles. The summed E-state index contributed by atoms with van der Waals surface area (Å²) in [5, 5.41) is 23.0. The molecule has 1 aromatic carbocycles. The van der Waals surface area contributed by atoms with Crippen molar-refractivity contribution in [3.8, 4) is 5.75 Å². The molecule has 32 heavy (non-hydrogen) atoms. The van der Waals surface area contributed by atoms with Crippen LogP contribution in [0.2, 0.25) is 0 Å². The first kappa shape index (κ1) is 24.6. The van der Waals surface area contributed by atoms with Crippen LogP contribution in [0.5, 0.6) is 5.75 Å². The van der Waals surface area contributed by atoms with E-state index in [0.717, 1.165) is 56.1 Å². The fourth-order valence-corrected chi connectivity index (χ4v) is 6.41. The molecule has 1 aromatic rings. The number of fused-ring (bicyclic) bond motifs is 1. The largest absolute Gasteiger partial charge is 0.508 e. The van der Waals surface area contributed by atoms with Gasteiger partial charge in [-0.15, -0.1) is 0 Å². The minimum absolute atomic E-state index is 0.0465. The van der Waals surface area contributed by atoms with Crippen LogP contribution in [0.1, 0.15) is 71.8 Å². The molecule has 4 heteroatoms. The SMILES string of the molecule is C=C1CC[C@@H]2C(C)(C)[C@H](O)CC[C@@]2(C)[C@@H]1CC/C(C)=C/C(=O)NCCc1ccc(O)cc1. The number of allylic oxidation sites excluding steroid dienone is 2. The first-order valence-corrected chi connectivity index (χ1v) is 12.1. The van der Waals surface area contributed by atoms with Gasteiger partial charge in [-0.2, -0.15) is 0 Å². The van der Waals surface area contributed by atoms with Crippen LogP contribution in [0.4, 0.5) is 0 Å². The van der Waals surface area contributed by atoms with E-state index in [1.807, 2.05) is 19.1 Å². The predicted octanol–water partition coefficient (Wildman–Crippen LogP) is 5.55. The number of hydrogen-bond acceptors (Lipinski definition) is 3. The molecule has 0 saturated heterocycles. The highest BCUT2D eigenvalue weighted by molar-refractivity contribution is 5.88. The number of hydrogen-bond donors (Lipinski definition) is 3. The summed E-state index contributed by atoms with van der Waals surface area (Å²) < 4.78 is 0. The zero-order valence-corrected chi connectivity index (χ0v) is 20.3. The lowest BCUT2D eigenvalue weighted by Crippen LogP contribution is -2.54. The van der Waals surface area contributed by atoms with E-state index < -0.39 is 0 Å². The lowest BCUT2D eigenvalue weighted by Gasteiger charge is -2.59. The van der Waals surface area contributed by atoms with Crippen LogP contribution in [0.25, 0.3) is 0 Å². The number of benzene rings is 1.